The molecule has 1 unspecified atom stereocenters. The third-order valence-corrected chi connectivity index (χ3v) is 8.40. The molecule has 0 saturated carbocycles. The molecule has 2 aromatic carbocycles. The third kappa shape index (κ3) is 5.57. The summed E-state index contributed by atoms with van der Waals surface area (Å²) in [5.41, 5.74) is 9.88. The summed E-state index contributed by atoms with van der Waals surface area (Å²) in [7, 11) is 1.63. The Kier molecular flexibility index (Phi) is 8.34. The van der Waals surface area contributed by atoms with Gasteiger partial charge in [0.2, 0.25) is 0 Å². The molecule has 0 amide bonds. The number of nitrogens with two attached hydrogens (primary N) is 1. The van der Waals surface area contributed by atoms with Gasteiger partial charge in [-0.2, -0.15) is 5.10 Å². The normalized spacial score (nSPS) is 18.1. The quantitative estimate of drug-likeness (QED) is 0.234. The van der Waals surface area contributed by atoms with Gasteiger partial charge in [0.1, 0.15) is 22.7 Å². The zero-order valence-corrected chi connectivity index (χ0v) is 24.7. The van der Waals surface area contributed by atoms with Gasteiger partial charge in [-0.3, -0.25) is 0 Å². The van der Waals surface area contributed by atoms with Crippen LogP contribution in [-0.2, 0) is 11.3 Å². The van der Waals surface area contributed by atoms with E-state index in [2.05, 4.69) is 9.89 Å². The lowest BCUT2D eigenvalue weighted by Crippen LogP contribution is -2.51. The van der Waals surface area contributed by atoms with E-state index in [-0.39, 0.29) is 12.8 Å². The predicted octanol–water partition coefficient (Wildman–Crippen LogP) is 4.77. The van der Waals surface area contributed by atoms with Crippen molar-refractivity contribution >= 4 is 51.8 Å². The Morgan fingerprint density at radius 3 is 2.57 bits per heavy atom. The van der Waals surface area contributed by atoms with Gasteiger partial charge in [-0.15, -0.1) is 0 Å². The molecule has 11 nitrogen and oxygen atoms in total. The lowest BCUT2D eigenvalue weighted by atomic mass is 10.1. The number of anilines is 1. The molecule has 0 radical (unpaired) electrons. The summed E-state index contributed by atoms with van der Waals surface area (Å²) in [6.07, 6.45) is 2.56. The number of ether oxygens (including phenoxy) is 2. The first-order valence-corrected chi connectivity index (χ1v) is 14.7. The third-order valence-electron chi connectivity index (χ3n) is 7.58. The Hall–Kier alpha value is -3.64. The zero-order chi connectivity index (χ0) is 29.2. The second-order valence-corrected chi connectivity index (χ2v) is 11.0. The summed E-state index contributed by atoms with van der Waals surface area (Å²) in [5, 5.41) is 16.1. The van der Waals surface area contributed by atoms with Crippen molar-refractivity contribution < 1.29 is 14.6 Å². The maximum absolute atomic E-state index is 10.4. The molecule has 2 aliphatic heterocycles. The Labute approximate surface area is 253 Å². The number of methoxy groups -OCH3 is 1. The highest BCUT2D eigenvalue weighted by Crippen LogP contribution is 2.38. The van der Waals surface area contributed by atoms with E-state index < -0.39 is 0 Å². The number of halogens is 2. The van der Waals surface area contributed by atoms with Gasteiger partial charge in [0, 0.05) is 38.3 Å². The van der Waals surface area contributed by atoms with Gasteiger partial charge >= 0.3 is 0 Å². The standard InChI is InChI=1S/C29H32Cl2N8O3/c1-41-19-10-8-18(9-11-19)33-29(32)38-14-12-37(13-15-38)27-22(17-40)34-26-25(20-5-4-6-21(30)24(20)31)36-39(28(26)35-27)23-7-2-3-16-42-23/h4-6,8-11,23,40H,2-3,7,12-17H2,1H3,(H2,32,33). The Morgan fingerprint density at radius 1 is 1.10 bits per heavy atom. The van der Waals surface area contributed by atoms with Crippen molar-refractivity contribution in [2.24, 2.45) is 10.7 Å². The largest absolute Gasteiger partial charge is 0.497 e. The van der Waals surface area contributed by atoms with Crippen molar-refractivity contribution in [3.8, 4) is 17.0 Å². The van der Waals surface area contributed by atoms with Gasteiger partial charge < -0.3 is 30.1 Å². The summed E-state index contributed by atoms with van der Waals surface area (Å²) in [6, 6.07) is 12.8. The number of aliphatic hydroxyl groups excluding tert-OH is 1. The molecule has 6 rings (SSSR count). The van der Waals surface area contributed by atoms with Crippen LogP contribution in [0.25, 0.3) is 22.4 Å². The number of hydrogen-bond donors (Lipinski definition) is 2. The zero-order valence-electron chi connectivity index (χ0n) is 23.2. The number of guanidine groups is 1. The highest BCUT2D eigenvalue weighted by atomic mass is 35.5. The van der Waals surface area contributed by atoms with Gasteiger partial charge in [-0.25, -0.2) is 19.6 Å². The molecule has 3 N–H and O–H groups in total. The Balaban J connectivity index is 1.32. The van der Waals surface area contributed by atoms with Gasteiger partial charge in [0.15, 0.2) is 23.7 Å². The molecule has 0 bridgehead atoms. The average Bonchev–Trinajstić information content (AvgIpc) is 3.40. The van der Waals surface area contributed by atoms with Crippen LogP contribution in [0.5, 0.6) is 5.75 Å². The first-order chi connectivity index (χ1) is 20.5. The number of nitrogens with zero attached hydrogens (tertiary/aromatic N) is 7. The van der Waals surface area contributed by atoms with Crippen LogP contribution in [-0.4, -0.2) is 75.6 Å². The van der Waals surface area contributed by atoms with E-state index in [9.17, 15) is 5.11 Å². The van der Waals surface area contributed by atoms with Crippen molar-refractivity contribution in [1.29, 1.82) is 0 Å². The van der Waals surface area contributed by atoms with Gasteiger partial charge in [-0.1, -0.05) is 35.3 Å². The summed E-state index contributed by atoms with van der Waals surface area (Å²) >= 11 is 13.0. The van der Waals surface area contributed by atoms with E-state index in [0.29, 0.717) is 82.7 Å². The molecule has 2 saturated heterocycles. The number of benzene rings is 2. The molecular formula is C29H32Cl2N8O3. The molecule has 13 heteroatoms. The molecule has 0 spiro atoms. The highest BCUT2D eigenvalue weighted by Gasteiger charge is 2.29. The summed E-state index contributed by atoms with van der Waals surface area (Å²) < 4.78 is 13.1. The van der Waals surface area contributed by atoms with Crippen molar-refractivity contribution in [2.75, 3.05) is 44.8 Å². The molecule has 4 heterocycles. The van der Waals surface area contributed by atoms with Crippen LogP contribution in [0.3, 0.4) is 0 Å². The fraction of sp³-hybridized carbons (Fsp3) is 0.379. The number of aromatic nitrogens is 4. The van der Waals surface area contributed by atoms with E-state index in [1.807, 2.05) is 41.3 Å². The number of hydrogen-bond acceptors (Lipinski definition) is 8. The molecule has 1 atom stereocenters. The first-order valence-electron chi connectivity index (χ1n) is 13.9. The minimum atomic E-state index is -0.284. The average molecular weight is 612 g/mol. The molecule has 220 valence electrons. The van der Waals surface area contributed by atoms with Crippen LogP contribution in [0, 0.1) is 0 Å². The lowest BCUT2D eigenvalue weighted by molar-refractivity contribution is -0.0368. The summed E-state index contributed by atoms with van der Waals surface area (Å²) in [4.78, 5) is 18.7. The highest BCUT2D eigenvalue weighted by molar-refractivity contribution is 6.43. The maximum atomic E-state index is 10.4. The first kappa shape index (κ1) is 28.5. The van der Waals surface area contributed by atoms with Crippen LogP contribution < -0.4 is 15.4 Å². The fourth-order valence-electron chi connectivity index (χ4n) is 5.33. The molecule has 2 fully saturated rings. The second kappa shape index (κ2) is 12.3. The molecule has 0 aliphatic carbocycles. The Bertz CT molecular complexity index is 1600. The van der Waals surface area contributed by atoms with E-state index in [4.69, 9.17) is 53.5 Å². The van der Waals surface area contributed by atoms with Crippen LogP contribution in [0.1, 0.15) is 31.2 Å². The van der Waals surface area contributed by atoms with E-state index >= 15 is 0 Å². The molecular weight excluding hydrogens is 579 g/mol. The maximum Gasteiger partial charge on any atom is 0.196 e. The molecule has 2 aliphatic rings. The van der Waals surface area contributed by atoms with Crippen molar-refractivity contribution in [2.45, 2.75) is 32.1 Å². The number of piperazine rings is 1. The SMILES string of the molecule is COc1ccc(N=C(N)N2CCN(c3nc4c(nc3CO)c(-c3cccc(Cl)c3Cl)nn4C3CCCCO3)CC2)cc1. The van der Waals surface area contributed by atoms with E-state index in [1.165, 1.54) is 0 Å². The van der Waals surface area contributed by atoms with Crippen LogP contribution in [0.15, 0.2) is 47.5 Å². The second-order valence-electron chi connectivity index (χ2n) is 10.2. The monoisotopic (exact) mass is 610 g/mol. The molecule has 42 heavy (non-hydrogen) atoms. The van der Waals surface area contributed by atoms with Crippen LogP contribution in [0.2, 0.25) is 10.0 Å². The fourth-order valence-corrected chi connectivity index (χ4v) is 5.72. The smallest absolute Gasteiger partial charge is 0.196 e. The van der Waals surface area contributed by atoms with Crippen molar-refractivity contribution in [3.05, 3.63) is 58.2 Å². The summed E-state index contributed by atoms with van der Waals surface area (Å²) in [6.45, 7) is 2.86. The Morgan fingerprint density at radius 2 is 1.88 bits per heavy atom. The molecule has 2 aromatic heterocycles. The number of rotatable bonds is 6. The minimum Gasteiger partial charge on any atom is -0.497 e. The van der Waals surface area contributed by atoms with Crippen molar-refractivity contribution in [1.82, 2.24) is 24.6 Å². The van der Waals surface area contributed by atoms with E-state index in [0.717, 1.165) is 30.7 Å². The number of aliphatic hydroxyl groups is 1. The van der Waals surface area contributed by atoms with Crippen molar-refractivity contribution in [3.63, 3.8) is 0 Å². The lowest BCUT2D eigenvalue weighted by Gasteiger charge is -2.36. The predicted molar refractivity (Wildman–Crippen MR) is 164 cm³/mol. The van der Waals surface area contributed by atoms with Crippen LogP contribution >= 0.6 is 23.2 Å². The molecule has 4 aromatic rings. The topological polar surface area (TPSA) is 127 Å². The van der Waals surface area contributed by atoms with Gasteiger partial charge in [-0.05, 0) is 49.6 Å². The minimum absolute atomic E-state index is 0.277. The van der Waals surface area contributed by atoms with Gasteiger partial charge in [0.25, 0.3) is 0 Å². The van der Waals surface area contributed by atoms with E-state index in [1.54, 1.807) is 17.9 Å². The number of aliphatic imine (C=N–C) groups is 1. The van der Waals surface area contributed by atoms with Gasteiger partial charge in [0.05, 0.1) is 29.4 Å². The summed E-state index contributed by atoms with van der Waals surface area (Å²) in [5.74, 6) is 1.81. The number of fused-ring (bicyclic) bond motifs is 1. The van der Waals surface area contributed by atoms with Crippen LogP contribution in [0.4, 0.5) is 11.5 Å².